The normalized spacial score (nSPS) is 25.4. The molecule has 1 saturated carbocycles. The number of nitrogens with zero attached hydrogens (tertiary/aromatic N) is 4. The van der Waals surface area contributed by atoms with Gasteiger partial charge in [-0.25, -0.2) is 8.78 Å². The maximum absolute atomic E-state index is 16.8. The van der Waals surface area contributed by atoms with Crippen molar-refractivity contribution in [1.29, 1.82) is 0 Å². The molecule has 2 aliphatic heterocycles. The van der Waals surface area contributed by atoms with Crippen molar-refractivity contribution in [3.05, 3.63) is 53.6 Å². The number of fused-ring (bicyclic) bond motifs is 3. The van der Waals surface area contributed by atoms with E-state index in [0.717, 1.165) is 45.1 Å². The van der Waals surface area contributed by atoms with Crippen LogP contribution < -0.4 is 9.64 Å². The van der Waals surface area contributed by atoms with Crippen LogP contribution in [0.5, 0.6) is 11.8 Å². The molecule has 4 aromatic rings. The summed E-state index contributed by atoms with van der Waals surface area (Å²) in [4.78, 5) is 13.9. The lowest BCUT2D eigenvalue weighted by atomic mass is 9.76. The number of hydrogen-bond acceptors (Lipinski definition) is 7. The third-order valence-corrected chi connectivity index (χ3v) is 10.3. The molecular weight excluding hydrogens is 574 g/mol. The topological polar surface area (TPSA) is 82.0 Å². The Morgan fingerprint density at radius 1 is 1.04 bits per heavy atom. The monoisotopic (exact) mass is 612 g/mol. The first-order valence-corrected chi connectivity index (χ1v) is 15.8. The average Bonchev–Trinajstić information content (AvgIpc) is 3.45. The van der Waals surface area contributed by atoms with Gasteiger partial charge in [-0.1, -0.05) is 24.5 Å². The van der Waals surface area contributed by atoms with Crippen LogP contribution in [0.25, 0.3) is 32.8 Å². The number of phenols is 1. The lowest BCUT2D eigenvalue weighted by molar-refractivity contribution is 0.0132. The third kappa shape index (κ3) is 5.14. The lowest BCUT2D eigenvalue weighted by Gasteiger charge is -2.44. The fraction of sp³-hybridized carbons (Fsp3) is 0.444. The number of aromatic hydroxyl groups is 1. The predicted octanol–water partition coefficient (Wildman–Crippen LogP) is 6.41. The van der Waals surface area contributed by atoms with Gasteiger partial charge in [0.2, 0.25) is 0 Å². The highest BCUT2D eigenvalue weighted by atomic mass is 19.1. The van der Waals surface area contributed by atoms with Crippen LogP contribution in [-0.4, -0.2) is 70.0 Å². The number of likely N-dealkylation sites (tertiary alicyclic amines) is 1. The van der Waals surface area contributed by atoms with Crippen LogP contribution in [0, 0.1) is 29.4 Å². The van der Waals surface area contributed by atoms with Crippen LogP contribution in [0.15, 0.2) is 36.4 Å². The Hall–Kier alpha value is -4.00. The molecule has 3 aromatic carbocycles. The molecule has 7 rings (SSSR count). The molecule has 3 aliphatic rings. The van der Waals surface area contributed by atoms with Crippen LogP contribution in [0.1, 0.15) is 57.4 Å². The number of piperidine rings is 2. The molecule has 1 aromatic heterocycles. The SMILES string of the molecule is C#Cc1c(F)ccc2cc(O)cc(-c3ccc4c(N5CCCC(C)(O)C5)nc(OC[C@]56CCC[C@H]5N(C)CCC6)nc4c3F)c12. The van der Waals surface area contributed by atoms with Crippen molar-refractivity contribution in [3.63, 3.8) is 0 Å². The van der Waals surface area contributed by atoms with Crippen LogP contribution in [0.3, 0.4) is 0 Å². The number of anilines is 1. The fourth-order valence-corrected chi connectivity index (χ4v) is 8.20. The molecule has 1 aliphatic carbocycles. The molecule has 0 radical (unpaired) electrons. The number of rotatable bonds is 5. The van der Waals surface area contributed by atoms with Crippen LogP contribution >= 0.6 is 0 Å². The molecule has 1 unspecified atom stereocenters. The summed E-state index contributed by atoms with van der Waals surface area (Å²) in [5, 5.41) is 22.8. The van der Waals surface area contributed by atoms with Crippen molar-refractivity contribution < 1.29 is 23.7 Å². The Labute approximate surface area is 261 Å². The van der Waals surface area contributed by atoms with E-state index in [4.69, 9.17) is 16.1 Å². The summed E-state index contributed by atoms with van der Waals surface area (Å²) in [5.41, 5.74) is -0.500. The molecule has 45 heavy (non-hydrogen) atoms. The molecule has 9 heteroatoms. The number of benzene rings is 3. The average molecular weight is 613 g/mol. The summed E-state index contributed by atoms with van der Waals surface area (Å²) in [6.45, 7) is 4.28. The number of terminal acetylenes is 1. The van der Waals surface area contributed by atoms with Crippen LogP contribution in [-0.2, 0) is 0 Å². The molecule has 234 valence electrons. The minimum absolute atomic E-state index is 0.00313. The minimum atomic E-state index is -0.923. The van der Waals surface area contributed by atoms with Crippen LogP contribution in [0.2, 0.25) is 0 Å². The fourth-order valence-electron chi connectivity index (χ4n) is 8.20. The minimum Gasteiger partial charge on any atom is -0.508 e. The van der Waals surface area contributed by atoms with Crippen LogP contribution in [0.4, 0.5) is 14.6 Å². The molecule has 3 heterocycles. The Bertz CT molecular complexity index is 1850. The second kappa shape index (κ2) is 11.1. The highest BCUT2D eigenvalue weighted by Gasteiger charge is 2.47. The molecule has 0 spiro atoms. The number of phenolic OH excluding ortho intramolecular Hbond substituents is 1. The van der Waals surface area contributed by atoms with Gasteiger partial charge in [-0.3, -0.25) is 0 Å². The smallest absolute Gasteiger partial charge is 0.319 e. The van der Waals surface area contributed by atoms with Gasteiger partial charge in [0.25, 0.3) is 0 Å². The van der Waals surface area contributed by atoms with Gasteiger partial charge in [0.15, 0.2) is 5.82 Å². The van der Waals surface area contributed by atoms with E-state index < -0.39 is 17.2 Å². The summed E-state index contributed by atoms with van der Waals surface area (Å²) in [5.74, 6) is 1.54. The van der Waals surface area contributed by atoms with Gasteiger partial charge in [-0.2, -0.15) is 9.97 Å². The van der Waals surface area contributed by atoms with Crippen molar-refractivity contribution in [2.45, 2.75) is 63.5 Å². The lowest BCUT2D eigenvalue weighted by Crippen LogP contribution is -2.50. The van der Waals surface area contributed by atoms with Gasteiger partial charge in [0.1, 0.15) is 22.9 Å². The first kappa shape index (κ1) is 29.7. The van der Waals surface area contributed by atoms with Crippen molar-refractivity contribution >= 4 is 27.5 Å². The van der Waals surface area contributed by atoms with Gasteiger partial charge in [-0.05, 0) is 94.3 Å². The summed E-state index contributed by atoms with van der Waals surface area (Å²) < 4.78 is 38.1. The number of ether oxygens (including phenoxy) is 1. The Morgan fingerprint density at radius 2 is 1.84 bits per heavy atom. The first-order valence-electron chi connectivity index (χ1n) is 15.8. The number of aromatic nitrogens is 2. The van der Waals surface area contributed by atoms with Crippen molar-refractivity contribution in [3.8, 4) is 35.2 Å². The van der Waals surface area contributed by atoms with E-state index in [1.807, 2.05) is 4.90 Å². The summed E-state index contributed by atoms with van der Waals surface area (Å²) in [6, 6.07) is 9.47. The second-order valence-corrected chi connectivity index (χ2v) is 13.5. The molecule has 7 nitrogen and oxygen atoms in total. The summed E-state index contributed by atoms with van der Waals surface area (Å²) >= 11 is 0. The molecule has 2 N–H and O–H groups in total. The van der Waals surface area contributed by atoms with Gasteiger partial charge in [-0.15, -0.1) is 6.42 Å². The van der Waals surface area contributed by atoms with Crippen molar-refractivity contribution in [2.75, 3.05) is 38.2 Å². The molecular formula is C36H38F2N4O3. The largest absolute Gasteiger partial charge is 0.508 e. The Morgan fingerprint density at radius 3 is 2.64 bits per heavy atom. The van der Waals surface area contributed by atoms with Crippen molar-refractivity contribution in [2.24, 2.45) is 5.41 Å². The predicted molar refractivity (Wildman–Crippen MR) is 171 cm³/mol. The zero-order chi connectivity index (χ0) is 31.5. The summed E-state index contributed by atoms with van der Waals surface area (Å²) in [7, 11) is 2.18. The number of halogens is 2. The zero-order valence-corrected chi connectivity index (χ0v) is 25.7. The number of β-amino-alcohol motifs (C(OH)–C–C–N with tert-alkyl or cyclic N) is 1. The Balaban J connectivity index is 1.38. The van der Waals surface area contributed by atoms with E-state index in [1.54, 1.807) is 19.1 Å². The highest BCUT2D eigenvalue weighted by molar-refractivity contribution is 6.04. The zero-order valence-electron chi connectivity index (χ0n) is 25.7. The standard InChI is InChI=1S/C36H38F2N4O3/c1-4-24-28(37)12-9-22-18-23(43)19-27(30(22)24)25-10-11-26-32(31(25)38)39-34(40-33(26)42-17-6-13-35(2,44)20-42)45-21-36-14-5-8-29(36)41(3)16-7-15-36/h1,9-12,18-19,29,43-44H,5-8,13-17,20-21H2,2-3H3/t29-,35?,36-/m1/s1. The van der Waals surface area contributed by atoms with Gasteiger partial charge < -0.3 is 24.7 Å². The molecule has 0 amide bonds. The van der Waals surface area contributed by atoms with Gasteiger partial charge >= 0.3 is 6.01 Å². The van der Waals surface area contributed by atoms with E-state index in [0.29, 0.717) is 54.1 Å². The second-order valence-electron chi connectivity index (χ2n) is 13.5. The Kier molecular flexibility index (Phi) is 7.33. The summed E-state index contributed by atoms with van der Waals surface area (Å²) in [6.07, 6.45) is 12.6. The van der Waals surface area contributed by atoms with E-state index >= 15 is 4.39 Å². The van der Waals surface area contributed by atoms with Crippen molar-refractivity contribution in [1.82, 2.24) is 14.9 Å². The van der Waals surface area contributed by atoms with E-state index in [-0.39, 0.29) is 39.4 Å². The van der Waals surface area contributed by atoms with E-state index in [1.165, 1.54) is 24.3 Å². The number of aliphatic hydroxyl groups is 1. The van der Waals surface area contributed by atoms with Gasteiger partial charge in [0, 0.05) is 40.9 Å². The first-order chi connectivity index (χ1) is 21.6. The highest BCUT2D eigenvalue weighted by Crippen LogP contribution is 2.48. The quantitative estimate of drug-likeness (QED) is 0.252. The van der Waals surface area contributed by atoms with Gasteiger partial charge in [0.05, 0.1) is 17.8 Å². The molecule has 0 bridgehead atoms. The van der Waals surface area contributed by atoms with E-state index in [9.17, 15) is 14.6 Å². The third-order valence-electron chi connectivity index (χ3n) is 10.3. The molecule has 3 fully saturated rings. The maximum atomic E-state index is 16.8. The molecule has 2 saturated heterocycles. The van der Waals surface area contributed by atoms with E-state index in [2.05, 4.69) is 22.9 Å². The molecule has 3 atom stereocenters. The maximum Gasteiger partial charge on any atom is 0.319 e. The number of hydrogen-bond donors (Lipinski definition) is 2.